The molecule has 37 heavy (non-hydrogen) atoms. The molecule has 2 aliphatic rings. The molecule has 7 N–H and O–H groups in total. The van der Waals surface area contributed by atoms with Crippen molar-refractivity contribution in [3.05, 3.63) is 0 Å². The lowest BCUT2D eigenvalue weighted by molar-refractivity contribution is -0.141. The van der Waals surface area contributed by atoms with Gasteiger partial charge in [-0.15, -0.1) is 0 Å². The number of carboxylic acids is 1. The first kappa shape index (κ1) is 31.0. The lowest BCUT2D eigenvalue weighted by atomic mass is 9.84. The van der Waals surface area contributed by atoms with E-state index in [1.807, 2.05) is 0 Å². The van der Waals surface area contributed by atoms with E-state index in [9.17, 15) is 24.3 Å². The second kappa shape index (κ2) is 15.9. The number of carbonyl (C=O) groups excluding carboxylic acids is 3. The summed E-state index contributed by atoms with van der Waals surface area (Å²) in [4.78, 5) is 49.4. The maximum atomic E-state index is 13.1. The Bertz CT molecular complexity index is 728. The highest BCUT2D eigenvalue weighted by Gasteiger charge is 2.29. The zero-order chi connectivity index (χ0) is 27.3. The Kier molecular flexibility index (Phi) is 13.3. The number of hydrogen-bond acceptors (Lipinski definition) is 7. The van der Waals surface area contributed by atoms with Gasteiger partial charge in [0.1, 0.15) is 6.04 Å². The molecule has 11 heteroatoms. The van der Waals surface area contributed by atoms with E-state index in [2.05, 4.69) is 26.6 Å². The third-order valence-corrected chi connectivity index (χ3v) is 7.45. The van der Waals surface area contributed by atoms with E-state index in [4.69, 9.17) is 5.11 Å². The van der Waals surface area contributed by atoms with Crippen LogP contribution in [0.5, 0.6) is 0 Å². The Morgan fingerprint density at radius 2 is 1.41 bits per heavy atom. The quantitative estimate of drug-likeness (QED) is 0.158. The zero-order valence-corrected chi connectivity index (χ0v) is 22.4. The van der Waals surface area contributed by atoms with E-state index in [1.54, 1.807) is 13.8 Å². The largest absolute Gasteiger partial charge is 0.481 e. The van der Waals surface area contributed by atoms with Gasteiger partial charge in [-0.2, -0.15) is 0 Å². The SMILES string of the molecule is CC(C)(CO)NC(=O)[C@H](CC(=O)O)NC(=O)CNC(=O)C(CCC1CCNCC1)CCC1CCNCC1. The van der Waals surface area contributed by atoms with Crippen molar-refractivity contribution in [1.29, 1.82) is 0 Å². The van der Waals surface area contributed by atoms with Crippen molar-refractivity contribution in [3.8, 4) is 0 Å². The maximum absolute atomic E-state index is 13.1. The third-order valence-electron chi connectivity index (χ3n) is 7.45. The van der Waals surface area contributed by atoms with E-state index in [0.717, 1.165) is 77.5 Å². The van der Waals surface area contributed by atoms with Crippen LogP contribution in [0.25, 0.3) is 0 Å². The molecule has 0 saturated carbocycles. The number of carboxylic acid groups (broad SMARTS) is 1. The summed E-state index contributed by atoms with van der Waals surface area (Å²) < 4.78 is 0. The number of nitrogens with one attached hydrogen (secondary N) is 5. The summed E-state index contributed by atoms with van der Waals surface area (Å²) in [5.74, 6) is -1.72. The van der Waals surface area contributed by atoms with Gasteiger partial charge in [0.25, 0.3) is 0 Å². The monoisotopic (exact) mass is 525 g/mol. The molecule has 0 spiro atoms. The first-order valence-corrected chi connectivity index (χ1v) is 13.7. The molecule has 0 aromatic rings. The second-order valence-corrected chi connectivity index (χ2v) is 11.2. The Balaban J connectivity index is 1.90. The van der Waals surface area contributed by atoms with Gasteiger partial charge in [0.2, 0.25) is 17.7 Å². The van der Waals surface area contributed by atoms with Gasteiger partial charge in [0.15, 0.2) is 0 Å². The van der Waals surface area contributed by atoms with Gasteiger partial charge in [-0.3, -0.25) is 19.2 Å². The van der Waals surface area contributed by atoms with Crippen LogP contribution in [0.15, 0.2) is 0 Å². The molecule has 2 heterocycles. The van der Waals surface area contributed by atoms with E-state index in [-0.39, 0.29) is 25.0 Å². The van der Waals surface area contributed by atoms with Crippen LogP contribution in [-0.4, -0.2) is 84.8 Å². The molecular formula is C26H47N5O6. The summed E-state index contributed by atoms with van der Waals surface area (Å²) in [6, 6.07) is -1.32. The van der Waals surface area contributed by atoms with Crippen molar-refractivity contribution in [3.63, 3.8) is 0 Å². The van der Waals surface area contributed by atoms with Crippen molar-refractivity contribution in [2.24, 2.45) is 17.8 Å². The van der Waals surface area contributed by atoms with Gasteiger partial charge in [0.05, 0.1) is 25.1 Å². The number of aliphatic carboxylic acids is 1. The van der Waals surface area contributed by atoms with Crippen LogP contribution in [0.1, 0.15) is 71.6 Å². The molecule has 2 saturated heterocycles. The van der Waals surface area contributed by atoms with E-state index < -0.39 is 35.8 Å². The zero-order valence-electron chi connectivity index (χ0n) is 22.4. The standard InChI is InChI=1S/C26H47N5O6/c1-26(2,17-32)31-25(37)21(15-23(34)35)30-22(33)16-29-24(36)20(5-3-18-7-11-27-12-8-18)6-4-19-9-13-28-14-10-19/h18-21,27-28,32H,3-17H2,1-2H3,(H,29,36)(H,30,33)(H,31,37)(H,34,35)/t21-/m0/s1. The number of aliphatic hydroxyl groups excluding tert-OH is 1. The molecule has 11 nitrogen and oxygen atoms in total. The summed E-state index contributed by atoms with van der Waals surface area (Å²) in [5, 5.41) is 32.9. The molecule has 0 aliphatic carbocycles. The molecule has 0 radical (unpaired) electrons. The highest BCUT2D eigenvalue weighted by molar-refractivity contribution is 5.92. The first-order chi connectivity index (χ1) is 17.6. The molecule has 1 atom stereocenters. The molecule has 0 bridgehead atoms. The number of piperidine rings is 2. The molecule has 2 rings (SSSR count). The van der Waals surface area contributed by atoms with Crippen LogP contribution in [0.2, 0.25) is 0 Å². The summed E-state index contributed by atoms with van der Waals surface area (Å²) in [6.07, 6.45) is 7.39. The third kappa shape index (κ3) is 12.2. The highest BCUT2D eigenvalue weighted by Crippen LogP contribution is 2.26. The molecule has 3 amide bonds. The topological polar surface area (TPSA) is 169 Å². The van der Waals surface area contributed by atoms with Gasteiger partial charge >= 0.3 is 5.97 Å². The van der Waals surface area contributed by atoms with Gasteiger partial charge in [-0.05, 0) is 103 Å². The Morgan fingerprint density at radius 3 is 1.86 bits per heavy atom. The van der Waals surface area contributed by atoms with Crippen LogP contribution < -0.4 is 26.6 Å². The van der Waals surface area contributed by atoms with Gasteiger partial charge < -0.3 is 36.8 Å². The van der Waals surface area contributed by atoms with Crippen LogP contribution in [0.3, 0.4) is 0 Å². The molecule has 0 aromatic heterocycles. The molecule has 212 valence electrons. The molecule has 2 fully saturated rings. The smallest absolute Gasteiger partial charge is 0.305 e. The fourth-order valence-electron chi connectivity index (χ4n) is 5.02. The van der Waals surface area contributed by atoms with Crippen molar-refractivity contribution in [1.82, 2.24) is 26.6 Å². The van der Waals surface area contributed by atoms with Crippen molar-refractivity contribution in [2.45, 2.75) is 83.2 Å². The summed E-state index contributed by atoms with van der Waals surface area (Å²) in [5.41, 5.74) is -0.969. The van der Waals surface area contributed by atoms with E-state index in [0.29, 0.717) is 11.8 Å². The molecule has 0 unspecified atom stereocenters. The summed E-state index contributed by atoms with van der Waals surface area (Å²) in [6.45, 7) is 6.53. The lowest BCUT2D eigenvalue weighted by Gasteiger charge is -2.27. The van der Waals surface area contributed by atoms with Gasteiger partial charge in [0, 0.05) is 5.92 Å². The minimum atomic E-state index is -1.32. The average Bonchev–Trinajstić information content (AvgIpc) is 2.87. The molecule has 0 aromatic carbocycles. The second-order valence-electron chi connectivity index (χ2n) is 11.2. The molecule has 2 aliphatic heterocycles. The average molecular weight is 526 g/mol. The number of rotatable bonds is 15. The van der Waals surface area contributed by atoms with Gasteiger partial charge in [-0.1, -0.05) is 0 Å². The van der Waals surface area contributed by atoms with Crippen molar-refractivity contribution in [2.75, 3.05) is 39.3 Å². The van der Waals surface area contributed by atoms with E-state index >= 15 is 0 Å². The van der Waals surface area contributed by atoms with Crippen molar-refractivity contribution >= 4 is 23.7 Å². The number of hydrogen-bond donors (Lipinski definition) is 7. The highest BCUT2D eigenvalue weighted by atomic mass is 16.4. The normalized spacial score (nSPS) is 18.3. The minimum Gasteiger partial charge on any atom is -0.481 e. The fourth-order valence-corrected chi connectivity index (χ4v) is 5.02. The first-order valence-electron chi connectivity index (χ1n) is 13.7. The maximum Gasteiger partial charge on any atom is 0.305 e. The number of amides is 3. The minimum absolute atomic E-state index is 0.168. The van der Waals surface area contributed by atoms with E-state index in [1.165, 1.54) is 0 Å². The van der Waals surface area contributed by atoms with Gasteiger partial charge in [-0.25, -0.2) is 0 Å². The lowest BCUT2D eigenvalue weighted by Crippen LogP contribution is -2.56. The Labute approximate surface area is 220 Å². The summed E-state index contributed by atoms with van der Waals surface area (Å²) in [7, 11) is 0. The van der Waals surface area contributed by atoms with Crippen LogP contribution in [0.4, 0.5) is 0 Å². The predicted molar refractivity (Wildman–Crippen MR) is 140 cm³/mol. The Hall–Kier alpha value is -2.24. The number of carbonyl (C=O) groups is 4. The number of aliphatic hydroxyl groups is 1. The fraction of sp³-hybridized carbons (Fsp3) is 0.846. The summed E-state index contributed by atoms with van der Waals surface area (Å²) >= 11 is 0. The molecular weight excluding hydrogens is 478 g/mol. The van der Waals surface area contributed by atoms with Crippen LogP contribution in [-0.2, 0) is 19.2 Å². The van der Waals surface area contributed by atoms with Crippen molar-refractivity contribution < 1.29 is 29.4 Å². The predicted octanol–water partition coefficient (Wildman–Crippen LogP) is 0.125. The van der Waals surface area contributed by atoms with Crippen LogP contribution in [0, 0.1) is 17.8 Å². The van der Waals surface area contributed by atoms with Crippen LogP contribution >= 0.6 is 0 Å². The Morgan fingerprint density at radius 1 is 0.892 bits per heavy atom.